The predicted molar refractivity (Wildman–Crippen MR) is 187 cm³/mol. The Morgan fingerprint density at radius 1 is 0.521 bits per heavy atom. The Balaban J connectivity index is 1.71. The van der Waals surface area contributed by atoms with Crippen LogP contribution in [0.3, 0.4) is 0 Å². The summed E-state index contributed by atoms with van der Waals surface area (Å²) in [6, 6.07) is 7.29. The first-order valence-electron chi connectivity index (χ1n) is 17.3. The molecule has 0 atom stereocenters. The Labute approximate surface area is 289 Å². The van der Waals surface area contributed by atoms with Crippen LogP contribution in [0.4, 0.5) is 5.69 Å². The van der Waals surface area contributed by atoms with Gasteiger partial charge in [0.1, 0.15) is 6.61 Å². The highest BCUT2D eigenvalue weighted by molar-refractivity contribution is 6.69. The number of anilines is 1. The van der Waals surface area contributed by atoms with E-state index < -0.39 is 8.32 Å². The maximum Gasteiger partial charge on any atom is 0.338 e. The molecule has 0 aliphatic heterocycles. The van der Waals surface area contributed by atoms with Gasteiger partial charge >= 0.3 is 5.97 Å². The molecule has 48 heavy (non-hydrogen) atoms. The second-order valence-electron chi connectivity index (χ2n) is 11.5. The van der Waals surface area contributed by atoms with E-state index in [-0.39, 0.29) is 12.6 Å². The van der Waals surface area contributed by atoms with E-state index in [4.69, 9.17) is 51.8 Å². The maximum atomic E-state index is 12.1. The summed E-state index contributed by atoms with van der Waals surface area (Å²) >= 11 is 0. The quantitative estimate of drug-likeness (QED) is 0.0613. The van der Waals surface area contributed by atoms with E-state index in [0.717, 1.165) is 25.1 Å². The molecule has 0 aliphatic carbocycles. The molecule has 1 N–H and O–H groups in total. The van der Waals surface area contributed by atoms with E-state index in [2.05, 4.69) is 31.9 Å². The summed E-state index contributed by atoms with van der Waals surface area (Å²) in [4.78, 5) is 12.1. The highest BCUT2D eigenvalue weighted by Crippen LogP contribution is 2.11. The molecular formula is C34H63NO12Si. The third-order valence-electron chi connectivity index (χ3n) is 6.18. The van der Waals surface area contributed by atoms with Gasteiger partial charge in [0.15, 0.2) is 8.32 Å². The van der Waals surface area contributed by atoms with E-state index in [0.29, 0.717) is 131 Å². The molecular weight excluding hydrogens is 642 g/mol. The summed E-state index contributed by atoms with van der Waals surface area (Å²) in [6.07, 6.45) is 2.25. The minimum absolute atomic E-state index is 0.192. The Bertz CT molecular complexity index is 844. The third-order valence-corrected chi connectivity index (χ3v) is 7.25. The molecule has 0 unspecified atom stereocenters. The smallest absolute Gasteiger partial charge is 0.338 e. The van der Waals surface area contributed by atoms with Crippen LogP contribution in [0.1, 0.15) is 30.1 Å². The normalized spacial score (nSPS) is 11.7. The van der Waals surface area contributed by atoms with Crippen LogP contribution < -0.4 is 5.32 Å². The van der Waals surface area contributed by atoms with Crippen molar-refractivity contribution >= 4 is 20.0 Å². The van der Waals surface area contributed by atoms with E-state index in [9.17, 15) is 4.79 Å². The highest BCUT2D eigenvalue weighted by atomic mass is 28.4. The summed E-state index contributed by atoms with van der Waals surface area (Å²) in [6.45, 7) is 19.3. The van der Waals surface area contributed by atoms with Gasteiger partial charge in [-0.25, -0.2) is 4.79 Å². The van der Waals surface area contributed by atoms with Gasteiger partial charge in [0.2, 0.25) is 0 Å². The van der Waals surface area contributed by atoms with Crippen LogP contribution in [0.25, 0.3) is 0 Å². The summed E-state index contributed by atoms with van der Waals surface area (Å²) in [5.41, 5.74) is 1.52. The highest BCUT2D eigenvalue weighted by Gasteiger charge is 2.13. The summed E-state index contributed by atoms with van der Waals surface area (Å²) in [7, 11) is -1.46. The SMILES string of the molecule is CCCCNc1ccc(C(=O)OCCOCCOCCOCCOCCOCCOCCOCCOCCOCCO[Si](C)(C)C)cc1. The van der Waals surface area contributed by atoms with E-state index >= 15 is 0 Å². The fourth-order valence-corrected chi connectivity index (χ4v) is 4.37. The number of carbonyl (C=O) groups excluding carboxylic acids is 1. The van der Waals surface area contributed by atoms with Crippen molar-refractivity contribution in [1.29, 1.82) is 0 Å². The van der Waals surface area contributed by atoms with Crippen molar-refractivity contribution in [2.24, 2.45) is 0 Å². The molecule has 280 valence electrons. The first-order valence-corrected chi connectivity index (χ1v) is 20.7. The number of nitrogens with one attached hydrogen (secondary N) is 1. The van der Waals surface area contributed by atoms with Crippen molar-refractivity contribution in [3.05, 3.63) is 29.8 Å². The molecule has 0 aromatic heterocycles. The largest absolute Gasteiger partial charge is 0.460 e. The van der Waals surface area contributed by atoms with Crippen LogP contribution in [-0.4, -0.2) is 153 Å². The lowest BCUT2D eigenvalue weighted by Crippen LogP contribution is -2.27. The number of hydrogen-bond acceptors (Lipinski definition) is 13. The molecule has 14 heteroatoms. The molecule has 1 aromatic rings. The van der Waals surface area contributed by atoms with Crippen LogP contribution in [0.2, 0.25) is 19.6 Å². The lowest BCUT2D eigenvalue weighted by molar-refractivity contribution is -0.0262. The van der Waals surface area contributed by atoms with Crippen LogP contribution in [0, 0.1) is 0 Å². The van der Waals surface area contributed by atoms with Crippen LogP contribution in [-0.2, 0) is 51.8 Å². The average molecular weight is 706 g/mol. The second-order valence-corrected chi connectivity index (χ2v) is 16.0. The summed E-state index contributed by atoms with van der Waals surface area (Å²) < 4.78 is 60.2. The lowest BCUT2D eigenvalue weighted by Gasteiger charge is -2.16. The molecule has 0 fully saturated rings. The first-order chi connectivity index (χ1) is 23.4. The Hall–Kier alpha value is -1.69. The fourth-order valence-electron chi connectivity index (χ4n) is 3.68. The zero-order valence-corrected chi connectivity index (χ0v) is 31.0. The van der Waals surface area contributed by atoms with Crippen LogP contribution >= 0.6 is 0 Å². The average Bonchev–Trinajstić information content (AvgIpc) is 3.07. The van der Waals surface area contributed by atoms with Crippen molar-refractivity contribution in [1.82, 2.24) is 0 Å². The molecule has 0 amide bonds. The molecule has 0 saturated carbocycles. The number of benzene rings is 1. The van der Waals surface area contributed by atoms with Gasteiger partial charge in [-0.05, 0) is 50.3 Å². The molecule has 1 aromatic carbocycles. The van der Waals surface area contributed by atoms with Crippen molar-refractivity contribution in [2.45, 2.75) is 39.4 Å². The summed E-state index contributed by atoms with van der Waals surface area (Å²) in [5.74, 6) is -0.359. The van der Waals surface area contributed by atoms with Gasteiger partial charge in [0.05, 0.1) is 131 Å². The van der Waals surface area contributed by atoms with Gasteiger partial charge in [0.25, 0.3) is 0 Å². The Morgan fingerprint density at radius 2 is 0.854 bits per heavy atom. The molecule has 0 radical (unpaired) electrons. The number of ether oxygens (including phenoxy) is 10. The maximum absolute atomic E-state index is 12.1. The molecule has 0 aliphatic rings. The van der Waals surface area contributed by atoms with Gasteiger partial charge in [-0.15, -0.1) is 0 Å². The topological polar surface area (TPSA) is 131 Å². The minimum atomic E-state index is -1.46. The third kappa shape index (κ3) is 30.4. The molecule has 0 heterocycles. The minimum Gasteiger partial charge on any atom is -0.460 e. The van der Waals surface area contributed by atoms with E-state index in [1.54, 1.807) is 12.1 Å². The Morgan fingerprint density at radius 3 is 1.19 bits per heavy atom. The van der Waals surface area contributed by atoms with Gasteiger partial charge in [0, 0.05) is 12.2 Å². The van der Waals surface area contributed by atoms with Gasteiger partial charge in [-0.3, -0.25) is 0 Å². The lowest BCUT2D eigenvalue weighted by atomic mass is 10.2. The first kappa shape index (κ1) is 44.3. The zero-order chi connectivity index (χ0) is 34.8. The van der Waals surface area contributed by atoms with Gasteiger partial charge in [-0.2, -0.15) is 0 Å². The molecule has 1 rings (SSSR count). The fraction of sp³-hybridized carbons (Fsp3) is 0.794. The monoisotopic (exact) mass is 705 g/mol. The number of carbonyl (C=O) groups is 1. The number of unbranched alkanes of at least 4 members (excludes halogenated alkanes) is 1. The number of hydrogen-bond donors (Lipinski definition) is 1. The Kier molecular flexibility index (Phi) is 30.0. The van der Waals surface area contributed by atoms with Crippen molar-refractivity contribution < 1.29 is 56.6 Å². The van der Waals surface area contributed by atoms with Crippen LogP contribution in [0.5, 0.6) is 0 Å². The molecule has 0 bridgehead atoms. The van der Waals surface area contributed by atoms with E-state index in [1.807, 2.05) is 12.1 Å². The molecule has 13 nitrogen and oxygen atoms in total. The van der Waals surface area contributed by atoms with Crippen LogP contribution in [0.15, 0.2) is 24.3 Å². The standard InChI is InChI=1S/C34H63NO12Si/c1-5-6-11-35-33-9-7-32(8-10-33)34(36)46-30-28-44-26-24-42-22-20-40-18-16-38-14-12-37-13-15-39-17-19-41-21-23-43-25-27-45-29-31-47-48(2,3)4/h7-10,35H,5-6,11-31H2,1-4H3. The van der Waals surface area contributed by atoms with Crippen molar-refractivity contribution in [3.8, 4) is 0 Å². The van der Waals surface area contributed by atoms with Gasteiger partial charge in [-0.1, -0.05) is 13.3 Å². The second kappa shape index (κ2) is 32.5. The van der Waals surface area contributed by atoms with Gasteiger partial charge < -0.3 is 57.1 Å². The predicted octanol–water partition coefficient (Wildman–Crippen LogP) is 4.06. The molecule has 0 saturated heterocycles. The van der Waals surface area contributed by atoms with Crippen molar-refractivity contribution in [2.75, 3.05) is 144 Å². The number of esters is 1. The summed E-state index contributed by atoms with van der Waals surface area (Å²) in [5, 5.41) is 3.32. The molecule has 0 spiro atoms. The number of rotatable bonds is 36. The van der Waals surface area contributed by atoms with E-state index in [1.165, 1.54) is 0 Å². The zero-order valence-electron chi connectivity index (χ0n) is 30.0. The van der Waals surface area contributed by atoms with Crippen molar-refractivity contribution in [3.63, 3.8) is 0 Å².